The molecular formula is C13H16FNOS. The summed E-state index contributed by atoms with van der Waals surface area (Å²) in [6.45, 7) is 5.66. The van der Waals surface area contributed by atoms with Crippen molar-refractivity contribution in [3.05, 3.63) is 35.6 Å². The quantitative estimate of drug-likeness (QED) is 0.714. The lowest BCUT2D eigenvalue weighted by Gasteiger charge is -2.37. The fraction of sp³-hybridized carbons (Fsp3) is 0.462. The van der Waals surface area contributed by atoms with Crippen molar-refractivity contribution < 1.29 is 9.13 Å². The standard InChI is InChI=1S/C13H16FNOS/c1-9-7-15(8-10(2)16-9)13(17)11-3-5-12(14)6-4-11/h3-6,9-10H,7-8H2,1-2H3/t9-,10+. The Morgan fingerprint density at radius 2 is 1.76 bits per heavy atom. The first-order chi connectivity index (χ1) is 8.06. The number of ether oxygens (including phenoxy) is 1. The summed E-state index contributed by atoms with van der Waals surface area (Å²) in [6, 6.07) is 6.33. The van der Waals surface area contributed by atoms with Gasteiger partial charge < -0.3 is 9.64 Å². The number of morpholine rings is 1. The molecule has 0 N–H and O–H groups in total. The highest BCUT2D eigenvalue weighted by Gasteiger charge is 2.24. The fourth-order valence-corrected chi connectivity index (χ4v) is 2.40. The summed E-state index contributed by atoms with van der Waals surface area (Å²) in [5.74, 6) is -0.236. The first-order valence-electron chi connectivity index (χ1n) is 5.76. The molecule has 4 heteroatoms. The number of thiocarbonyl (C=S) groups is 1. The van der Waals surface area contributed by atoms with E-state index >= 15 is 0 Å². The van der Waals surface area contributed by atoms with Gasteiger partial charge in [0.2, 0.25) is 0 Å². The van der Waals surface area contributed by atoms with Gasteiger partial charge in [0.15, 0.2) is 0 Å². The monoisotopic (exact) mass is 253 g/mol. The zero-order chi connectivity index (χ0) is 12.4. The maximum absolute atomic E-state index is 12.8. The summed E-state index contributed by atoms with van der Waals surface area (Å²) in [5.41, 5.74) is 0.891. The number of halogens is 1. The van der Waals surface area contributed by atoms with Crippen molar-refractivity contribution in [2.45, 2.75) is 26.1 Å². The molecule has 2 atom stereocenters. The van der Waals surface area contributed by atoms with Crippen LogP contribution in [0.1, 0.15) is 19.4 Å². The summed E-state index contributed by atoms with van der Waals surface area (Å²) < 4.78 is 18.5. The van der Waals surface area contributed by atoms with Gasteiger partial charge in [0.25, 0.3) is 0 Å². The van der Waals surface area contributed by atoms with E-state index in [9.17, 15) is 4.39 Å². The Morgan fingerprint density at radius 1 is 1.24 bits per heavy atom. The highest BCUT2D eigenvalue weighted by atomic mass is 32.1. The molecule has 1 aliphatic heterocycles. The Balaban J connectivity index is 2.11. The molecule has 0 saturated carbocycles. The van der Waals surface area contributed by atoms with Crippen LogP contribution >= 0.6 is 12.2 Å². The minimum atomic E-state index is -0.236. The fourth-order valence-electron chi connectivity index (χ4n) is 2.12. The molecule has 0 aliphatic carbocycles. The van der Waals surface area contributed by atoms with Crippen LogP contribution in [0, 0.1) is 5.82 Å². The SMILES string of the molecule is C[C@@H]1CN(C(=S)c2ccc(F)cc2)C[C@H](C)O1. The molecular weight excluding hydrogens is 237 g/mol. The van der Waals surface area contributed by atoms with Gasteiger partial charge in [0.05, 0.1) is 12.2 Å². The predicted octanol–water partition coefficient (Wildman–Crippen LogP) is 2.61. The van der Waals surface area contributed by atoms with Gasteiger partial charge in [-0.1, -0.05) is 12.2 Å². The van der Waals surface area contributed by atoms with Crippen LogP contribution in [0.5, 0.6) is 0 Å². The Bertz CT molecular complexity index is 396. The summed E-state index contributed by atoms with van der Waals surface area (Å²) in [4.78, 5) is 2.90. The maximum Gasteiger partial charge on any atom is 0.123 e. The Labute approximate surface area is 106 Å². The average Bonchev–Trinajstić information content (AvgIpc) is 2.28. The second kappa shape index (κ2) is 5.10. The molecule has 17 heavy (non-hydrogen) atoms. The van der Waals surface area contributed by atoms with Crippen molar-refractivity contribution >= 4 is 17.2 Å². The van der Waals surface area contributed by atoms with E-state index in [2.05, 4.69) is 4.90 Å². The summed E-state index contributed by atoms with van der Waals surface area (Å²) >= 11 is 5.44. The third-order valence-electron chi connectivity index (χ3n) is 2.80. The normalized spacial score (nSPS) is 24.8. The van der Waals surface area contributed by atoms with E-state index in [0.29, 0.717) is 0 Å². The van der Waals surface area contributed by atoms with Crippen LogP contribution in [0.25, 0.3) is 0 Å². The molecule has 92 valence electrons. The zero-order valence-corrected chi connectivity index (χ0v) is 10.8. The van der Waals surface area contributed by atoms with Gasteiger partial charge in [-0.15, -0.1) is 0 Å². The maximum atomic E-state index is 12.8. The number of hydrogen-bond acceptors (Lipinski definition) is 2. The number of benzene rings is 1. The zero-order valence-electron chi connectivity index (χ0n) is 10.0. The Kier molecular flexibility index (Phi) is 3.74. The minimum absolute atomic E-state index is 0.178. The lowest BCUT2D eigenvalue weighted by molar-refractivity contribution is -0.0472. The third kappa shape index (κ3) is 3.01. The molecule has 1 heterocycles. The molecule has 1 aliphatic rings. The van der Waals surface area contributed by atoms with Gasteiger partial charge in [0, 0.05) is 18.7 Å². The van der Waals surface area contributed by atoms with Gasteiger partial charge >= 0.3 is 0 Å². The molecule has 0 spiro atoms. The summed E-state index contributed by atoms with van der Waals surface area (Å²) in [6.07, 6.45) is 0.356. The molecule has 0 bridgehead atoms. The minimum Gasteiger partial charge on any atom is -0.372 e. The molecule has 1 saturated heterocycles. The van der Waals surface area contributed by atoms with Gasteiger partial charge in [0.1, 0.15) is 10.8 Å². The Morgan fingerprint density at radius 3 is 2.29 bits per heavy atom. The first kappa shape index (κ1) is 12.5. The number of hydrogen-bond donors (Lipinski definition) is 0. The largest absolute Gasteiger partial charge is 0.372 e. The van der Waals surface area contributed by atoms with E-state index in [0.717, 1.165) is 23.6 Å². The van der Waals surface area contributed by atoms with Crippen LogP contribution in [0.15, 0.2) is 24.3 Å². The van der Waals surface area contributed by atoms with Crippen molar-refractivity contribution in [3.63, 3.8) is 0 Å². The van der Waals surface area contributed by atoms with Gasteiger partial charge in [-0.2, -0.15) is 0 Å². The van der Waals surface area contributed by atoms with Crippen LogP contribution < -0.4 is 0 Å². The average molecular weight is 253 g/mol. The van der Waals surface area contributed by atoms with Crippen LogP contribution in [-0.4, -0.2) is 35.2 Å². The molecule has 0 amide bonds. The number of rotatable bonds is 1. The van der Waals surface area contributed by atoms with Crippen LogP contribution in [-0.2, 0) is 4.74 Å². The predicted molar refractivity (Wildman–Crippen MR) is 69.7 cm³/mol. The van der Waals surface area contributed by atoms with E-state index in [1.54, 1.807) is 12.1 Å². The van der Waals surface area contributed by atoms with Crippen molar-refractivity contribution in [2.24, 2.45) is 0 Å². The molecule has 2 nitrogen and oxygen atoms in total. The van der Waals surface area contributed by atoms with Crippen molar-refractivity contribution in [2.75, 3.05) is 13.1 Å². The van der Waals surface area contributed by atoms with Crippen molar-refractivity contribution in [1.29, 1.82) is 0 Å². The summed E-state index contributed by atoms with van der Waals surface area (Å²) in [5, 5.41) is 0. The van der Waals surface area contributed by atoms with Crippen LogP contribution in [0.2, 0.25) is 0 Å². The first-order valence-corrected chi connectivity index (χ1v) is 6.17. The second-order valence-electron chi connectivity index (χ2n) is 4.47. The molecule has 0 radical (unpaired) electrons. The van der Waals surface area contributed by atoms with E-state index < -0.39 is 0 Å². The highest BCUT2D eigenvalue weighted by Crippen LogP contribution is 2.15. The van der Waals surface area contributed by atoms with E-state index in [1.807, 2.05) is 13.8 Å². The molecule has 1 fully saturated rings. The van der Waals surface area contributed by atoms with Gasteiger partial charge in [-0.05, 0) is 38.1 Å². The van der Waals surface area contributed by atoms with Crippen LogP contribution in [0.3, 0.4) is 0 Å². The molecule has 1 aromatic carbocycles. The molecule has 2 rings (SSSR count). The second-order valence-corrected chi connectivity index (χ2v) is 4.86. The highest BCUT2D eigenvalue weighted by molar-refractivity contribution is 7.80. The van der Waals surface area contributed by atoms with Gasteiger partial charge in [-0.25, -0.2) is 4.39 Å². The van der Waals surface area contributed by atoms with Crippen LogP contribution in [0.4, 0.5) is 4.39 Å². The molecule has 0 unspecified atom stereocenters. The summed E-state index contributed by atoms with van der Waals surface area (Å²) in [7, 11) is 0. The van der Waals surface area contributed by atoms with Crippen molar-refractivity contribution in [3.8, 4) is 0 Å². The van der Waals surface area contributed by atoms with Gasteiger partial charge in [-0.3, -0.25) is 0 Å². The van der Waals surface area contributed by atoms with E-state index in [-0.39, 0.29) is 18.0 Å². The lowest BCUT2D eigenvalue weighted by Crippen LogP contribution is -2.47. The topological polar surface area (TPSA) is 12.5 Å². The van der Waals surface area contributed by atoms with E-state index in [4.69, 9.17) is 17.0 Å². The van der Waals surface area contributed by atoms with E-state index in [1.165, 1.54) is 12.1 Å². The lowest BCUT2D eigenvalue weighted by atomic mass is 10.1. The third-order valence-corrected chi connectivity index (χ3v) is 3.29. The smallest absolute Gasteiger partial charge is 0.123 e. The molecule has 0 aromatic heterocycles. The molecule has 1 aromatic rings. The van der Waals surface area contributed by atoms with Crippen molar-refractivity contribution in [1.82, 2.24) is 4.90 Å². The Hall–Kier alpha value is -1.00. The number of nitrogens with zero attached hydrogens (tertiary/aromatic N) is 1.